The molecule has 0 bridgehead atoms. The quantitative estimate of drug-likeness (QED) is 0.668. The van der Waals surface area contributed by atoms with E-state index in [0.717, 1.165) is 13.1 Å². The summed E-state index contributed by atoms with van der Waals surface area (Å²) in [6, 6.07) is 0.674. The van der Waals surface area contributed by atoms with E-state index < -0.39 is 0 Å². The van der Waals surface area contributed by atoms with Gasteiger partial charge in [0.2, 0.25) is 11.8 Å². The lowest BCUT2D eigenvalue weighted by molar-refractivity contribution is -0.146. The van der Waals surface area contributed by atoms with Crippen LogP contribution < -0.4 is 0 Å². The molecule has 0 spiro atoms. The smallest absolute Gasteiger partial charge is 0.230 e. The number of carbonyl (C=O) groups is 2. The maximum Gasteiger partial charge on any atom is 0.230 e. The predicted molar refractivity (Wildman–Crippen MR) is 60.7 cm³/mol. The Balaban J connectivity index is 1.88. The van der Waals surface area contributed by atoms with Crippen molar-refractivity contribution in [2.45, 2.75) is 45.7 Å². The van der Waals surface area contributed by atoms with Crippen LogP contribution in [0.15, 0.2) is 0 Å². The second-order valence-electron chi connectivity index (χ2n) is 5.25. The summed E-state index contributed by atoms with van der Waals surface area (Å²) in [6.45, 7) is 8.32. The van der Waals surface area contributed by atoms with Gasteiger partial charge in [0.1, 0.15) is 0 Å². The first kappa shape index (κ1) is 11.6. The summed E-state index contributed by atoms with van der Waals surface area (Å²) in [5.41, 5.74) is 0. The Bertz CT molecular complexity index is 292. The molecule has 0 saturated carbocycles. The number of rotatable bonds is 3. The third-order valence-electron chi connectivity index (χ3n) is 3.89. The van der Waals surface area contributed by atoms with Crippen molar-refractivity contribution in [2.24, 2.45) is 5.92 Å². The molecule has 2 aliphatic rings. The number of amides is 2. The Hall–Kier alpha value is -0.900. The molecule has 0 aromatic heterocycles. The molecule has 0 N–H and O–H groups in total. The Kier molecular flexibility index (Phi) is 3.02. The van der Waals surface area contributed by atoms with Crippen LogP contribution in [-0.4, -0.2) is 46.8 Å². The largest absolute Gasteiger partial charge is 0.296 e. The molecule has 0 radical (unpaired) electrons. The molecule has 2 rings (SSSR count). The van der Waals surface area contributed by atoms with Gasteiger partial charge in [-0.2, -0.15) is 0 Å². The number of hydrogen-bond donors (Lipinski definition) is 0. The van der Waals surface area contributed by atoms with E-state index in [2.05, 4.69) is 25.7 Å². The zero-order valence-corrected chi connectivity index (χ0v) is 10.3. The van der Waals surface area contributed by atoms with Crippen molar-refractivity contribution in [1.29, 1.82) is 0 Å². The highest BCUT2D eigenvalue weighted by molar-refractivity contribution is 6.02. The molecule has 2 amide bonds. The van der Waals surface area contributed by atoms with Crippen molar-refractivity contribution in [3.8, 4) is 0 Å². The fourth-order valence-corrected chi connectivity index (χ4v) is 2.41. The van der Waals surface area contributed by atoms with Gasteiger partial charge in [0.15, 0.2) is 0 Å². The molecule has 0 aromatic carbocycles. The predicted octanol–water partition coefficient (Wildman–Crippen LogP) is 0.864. The van der Waals surface area contributed by atoms with E-state index in [1.54, 1.807) is 0 Å². The number of hydrogen-bond acceptors (Lipinski definition) is 3. The van der Waals surface area contributed by atoms with Crippen LogP contribution in [0.2, 0.25) is 0 Å². The van der Waals surface area contributed by atoms with Crippen LogP contribution in [0.25, 0.3) is 0 Å². The lowest BCUT2D eigenvalue weighted by Gasteiger charge is -2.47. The molecule has 4 heteroatoms. The number of likely N-dealkylation sites (tertiary alicyclic amines) is 2. The number of imide groups is 1. The minimum atomic E-state index is 0.0202. The van der Waals surface area contributed by atoms with Gasteiger partial charge in [0.05, 0.1) is 6.04 Å². The average molecular weight is 224 g/mol. The zero-order chi connectivity index (χ0) is 11.9. The summed E-state index contributed by atoms with van der Waals surface area (Å²) < 4.78 is 0. The van der Waals surface area contributed by atoms with E-state index in [4.69, 9.17) is 0 Å². The monoisotopic (exact) mass is 224 g/mol. The summed E-state index contributed by atoms with van der Waals surface area (Å²) in [5.74, 6) is 0.657. The Morgan fingerprint density at radius 1 is 1.06 bits per heavy atom. The van der Waals surface area contributed by atoms with E-state index in [9.17, 15) is 9.59 Å². The molecule has 2 aliphatic heterocycles. The Labute approximate surface area is 96.6 Å². The highest BCUT2D eigenvalue weighted by Crippen LogP contribution is 2.25. The van der Waals surface area contributed by atoms with Crippen LogP contribution in [0.5, 0.6) is 0 Å². The molecule has 0 aliphatic carbocycles. The molecule has 1 unspecified atom stereocenters. The summed E-state index contributed by atoms with van der Waals surface area (Å²) in [5, 5.41) is 0. The normalized spacial score (nSPS) is 25.4. The first-order valence-corrected chi connectivity index (χ1v) is 6.09. The summed E-state index contributed by atoms with van der Waals surface area (Å²) in [7, 11) is 0. The third kappa shape index (κ3) is 1.86. The first-order valence-electron chi connectivity index (χ1n) is 6.09. The molecule has 1 atom stereocenters. The summed E-state index contributed by atoms with van der Waals surface area (Å²) in [6.07, 6.45) is 0.824. The van der Waals surface area contributed by atoms with Gasteiger partial charge in [-0.25, -0.2) is 0 Å². The van der Waals surface area contributed by atoms with Gasteiger partial charge in [-0.1, -0.05) is 13.8 Å². The van der Waals surface area contributed by atoms with Gasteiger partial charge in [-0.05, 0) is 12.8 Å². The van der Waals surface area contributed by atoms with Crippen molar-refractivity contribution in [3.63, 3.8) is 0 Å². The van der Waals surface area contributed by atoms with Gasteiger partial charge in [0.25, 0.3) is 0 Å². The minimum absolute atomic E-state index is 0.0202. The number of carbonyl (C=O) groups excluding carboxylic acids is 2. The van der Waals surface area contributed by atoms with Gasteiger partial charge in [-0.15, -0.1) is 0 Å². The molecule has 2 heterocycles. The lowest BCUT2D eigenvalue weighted by Crippen LogP contribution is -2.63. The maximum absolute atomic E-state index is 11.5. The van der Waals surface area contributed by atoms with E-state index in [0.29, 0.717) is 24.8 Å². The van der Waals surface area contributed by atoms with E-state index in [1.165, 1.54) is 4.90 Å². The molecule has 0 aromatic rings. The first-order chi connectivity index (χ1) is 7.50. The topological polar surface area (TPSA) is 40.6 Å². The summed E-state index contributed by atoms with van der Waals surface area (Å²) >= 11 is 0. The number of nitrogens with zero attached hydrogens (tertiary/aromatic N) is 2. The molecule has 4 nitrogen and oxygen atoms in total. The summed E-state index contributed by atoms with van der Waals surface area (Å²) in [4.78, 5) is 26.9. The second kappa shape index (κ2) is 4.17. The van der Waals surface area contributed by atoms with Crippen LogP contribution in [0.1, 0.15) is 33.6 Å². The van der Waals surface area contributed by atoms with Gasteiger partial charge in [-0.3, -0.25) is 19.4 Å². The molecule has 2 fully saturated rings. The Morgan fingerprint density at radius 2 is 1.56 bits per heavy atom. The van der Waals surface area contributed by atoms with Crippen molar-refractivity contribution in [2.75, 3.05) is 13.1 Å². The standard InChI is InChI=1S/C12H20N2O2/c1-8(2)9(3)13-6-10(7-13)14-11(15)4-5-12(14)16/h8-10H,4-7H2,1-3H3. The third-order valence-corrected chi connectivity index (χ3v) is 3.89. The maximum atomic E-state index is 11.5. The fourth-order valence-electron chi connectivity index (χ4n) is 2.41. The highest BCUT2D eigenvalue weighted by atomic mass is 16.2. The lowest BCUT2D eigenvalue weighted by atomic mass is 9.98. The van der Waals surface area contributed by atoms with Crippen LogP contribution in [-0.2, 0) is 9.59 Å². The van der Waals surface area contributed by atoms with E-state index in [1.807, 2.05) is 0 Å². The Morgan fingerprint density at radius 3 is 2.00 bits per heavy atom. The molecule has 2 saturated heterocycles. The second-order valence-corrected chi connectivity index (χ2v) is 5.25. The van der Waals surface area contributed by atoms with Gasteiger partial charge < -0.3 is 0 Å². The van der Waals surface area contributed by atoms with Crippen LogP contribution in [0.3, 0.4) is 0 Å². The van der Waals surface area contributed by atoms with Gasteiger partial charge in [0, 0.05) is 32.0 Å². The SMILES string of the molecule is CC(C)C(C)N1CC(N2C(=O)CCC2=O)C1. The van der Waals surface area contributed by atoms with Crippen LogP contribution in [0.4, 0.5) is 0 Å². The van der Waals surface area contributed by atoms with E-state index in [-0.39, 0.29) is 17.9 Å². The van der Waals surface area contributed by atoms with Crippen molar-refractivity contribution in [3.05, 3.63) is 0 Å². The molecule has 16 heavy (non-hydrogen) atoms. The average Bonchev–Trinajstić information content (AvgIpc) is 2.46. The van der Waals surface area contributed by atoms with Crippen molar-refractivity contribution >= 4 is 11.8 Å². The van der Waals surface area contributed by atoms with Crippen molar-refractivity contribution < 1.29 is 9.59 Å². The van der Waals surface area contributed by atoms with Crippen LogP contribution in [0, 0.1) is 5.92 Å². The molecular formula is C12H20N2O2. The van der Waals surface area contributed by atoms with Crippen LogP contribution >= 0.6 is 0 Å². The van der Waals surface area contributed by atoms with E-state index >= 15 is 0 Å². The van der Waals surface area contributed by atoms with Gasteiger partial charge >= 0.3 is 0 Å². The highest BCUT2D eigenvalue weighted by Gasteiger charge is 2.42. The molecular weight excluding hydrogens is 204 g/mol. The zero-order valence-electron chi connectivity index (χ0n) is 10.3. The minimum Gasteiger partial charge on any atom is -0.296 e. The fraction of sp³-hybridized carbons (Fsp3) is 0.833. The molecule has 90 valence electrons. The van der Waals surface area contributed by atoms with Crippen molar-refractivity contribution in [1.82, 2.24) is 9.80 Å².